The normalized spacial score (nSPS) is 12.6. The largest absolute Gasteiger partial charge is 0.462 e. The second kappa shape index (κ2) is 71.1. The molecule has 0 heterocycles. The minimum Gasteiger partial charge on any atom is -0.462 e. The molecule has 1 unspecified atom stereocenters. The van der Waals surface area contributed by atoms with Crippen LogP contribution in [0.1, 0.15) is 367 Å². The molecule has 0 amide bonds. The van der Waals surface area contributed by atoms with E-state index in [0.29, 0.717) is 19.3 Å². The van der Waals surface area contributed by atoms with E-state index in [1.165, 1.54) is 225 Å². The van der Waals surface area contributed by atoms with Crippen molar-refractivity contribution in [3.05, 3.63) is 85.1 Å². The number of ether oxygens (including phenoxy) is 3. The minimum absolute atomic E-state index is 0.0828. The van der Waals surface area contributed by atoms with Crippen molar-refractivity contribution in [1.82, 2.24) is 0 Å². The van der Waals surface area contributed by atoms with Crippen LogP contribution < -0.4 is 0 Å². The van der Waals surface area contributed by atoms with Crippen LogP contribution in [-0.2, 0) is 28.6 Å². The van der Waals surface area contributed by atoms with Crippen molar-refractivity contribution in [3.8, 4) is 0 Å². The monoisotopic (exact) mass is 1160 g/mol. The number of carbonyl (C=O) groups is 3. The first-order valence-electron chi connectivity index (χ1n) is 36.1. The third-order valence-corrected chi connectivity index (χ3v) is 15.8. The fourth-order valence-electron chi connectivity index (χ4n) is 10.4. The molecule has 83 heavy (non-hydrogen) atoms. The zero-order chi connectivity index (χ0) is 59.9. The molecule has 0 fully saturated rings. The first kappa shape index (κ1) is 79.6. The molecule has 6 heteroatoms. The summed E-state index contributed by atoms with van der Waals surface area (Å²) in [5.74, 6) is -0.887. The van der Waals surface area contributed by atoms with Crippen molar-refractivity contribution in [3.63, 3.8) is 0 Å². The third-order valence-electron chi connectivity index (χ3n) is 15.8. The van der Waals surface area contributed by atoms with E-state index in [9.17, 15) is 14.4 Å². The summed E-state index contributed by atoms with van der Waals surface area (Å²) in [5, 5.41) is 0. The summed E-state index contributed by atoms with van der Waals surface area (Å²) in [4.78, 5) is 38.5. The van der Waals surface area contributed by atoms with Crippen LogP contribution in [0.15, 0.2) is 85.1 Å². The second-order valence-electron chi connectivity index (χ2n) is 24.1. The molecule has 0 bridgehead atoms. The molecule has 0 saturated heterocycles. The molecule has 0 spiro atoms. The molecule has 0 aliphatic heterocycles. The van der Waals surface area contributed by atoms with Gasteiger partial charge in [-0.1, -0.05) is 311 Å². The highest BCUT2D eigenvalue weighted by Crippen LogP contribution is 2.17. The van der Waals surface area contributed by atoms with Gasteiger partial charge < -0.3 is 14.2 Å². The number of hydrogen-bond acceptors (Lipinski definition) is 6. The molecule has 0 N–H and O–H groups in total. The Morgan fingerprint density at radius 3 is 0.687 bits per heavy atom. The van der Waals surface area contributed by atoms with Crippen LogP contribution in [0.5, 0.6) is 0 Å². The quantitative estimate of drug-likeness (QED) is 0.0261. The van der Waals surface area contributed by atoms with Crippen LogP contribution in [-0.4, -0.2) is 37.2 Å². The molecule has 0 aliphatic rings. The van der Waals surface area contributed by atoms with Crippen LogP contribution in [0, 0.1) is 0 Å². The maximum Gasteiger partial charge on any atom is 0.306 e. The molecule has 0 saturated carbocycles. The van der Waals surface area contributed by atoms with E-state index in [4.69, 9.17) is 14.2 Å². The van der Waals surface area contributed by atoms with Crippen molar-refractivity contribution in [2.75, 3.05) is 13.2 Å². The third kappa shape index (κ3) is 69.3. The van der Waals surface area contributed by atoms with Gasteiger partial charge >= 0.3 is 17.9 Å². The number of unbranched alkanes of at least 4 members (excludes halogenated alkanes) is 41. The highest BCUT2D eigenvalue weighted by molar-refractivity contribution is 5.71. The van der Waals surface area contributed by atoms with Gasteiger partial charge in [-0.05, 0) is 122 Å². The Morgan fingerprint density at radius 1 is 0.241 bits per heavy atom. The molecule has 0 aromatic heterocycles. The predicted octanol–water partition coefficient (Wildman–Crippen LogP) is 25.0. The molecule has 0 aromatic rings. The average Bonchev–Trinajstić information content (AvgIpc) is 3.49. The first-order valence-corrected chi connectivity index (χ1v) is 36.1. The van der Waals surface area contributed by atoms with Gasteiger partial charge in [-0.15, -0.1) is 0 Å². The topological polar surface area (TPSA) is 78.9 Å². The first-order chi connectivity index (χ1) is 41.0. The summed E-state index contributed by atoms with van der Waals surface area (Å²) >= 11 is 0. The van der Waals surface area contributed by atoms with Gasteiger partial charge in [0.1, 0.15) is 13.2 Å². The zero-order valence-electron chi connectivity index (χ0n) is 55.2. The second-order valence-corrected chi connectivity index (χ2v) is 24.1. The smallest absolute Gasteiger partial charge is 0.306 e. The van der Waals surface area contributed by atoms with Crippen molar-refractivity contribution in [1.29, 1.82) is 0 Å². The van der Waals surface area contributed by atoms with E-state index >= 15 is 0 Å². The van der Waals surface area contributed by atoms with Gasteiger partial charge in [-0.2, -0.15) is 0 Å². The van der Waals surface area contributed by atoms with Crippen LogP contribution in [0.25, 0.3) is 0 Å². The van der Waals surface area contributed by atoms with Crippen LogP contribution >= 0.6 is 0 Å². The summed E-state index contributed by atoms with van der Waals surface area (Å²) < 4.78 is 17.0. The fourth-order valence-corrected chi connectivity index (χ4v) is 10.4. The SMILES string of the molecule is CCCCCCC/C=C\C/C=C\C/C=C\CCCCCCCCCCCCCCCCC(=O)OCC(COC(=O)CCCCCCC/C=C\CCCCCCCC)OC(=O)CCCCCCCC/C=C\C/C=C\C/C=C\CCCCCCC. The molecule has 480 valence electrons. The van der Waals surface area contributed by atoms with E-state index in [1.807, 2.05) is 0 Å². The Labute approximate surface area is 515 Å². The number of hydrogen-bond donors (Lipinski definition) is 0. The highest BCUT2D eigenvalue weighted by atomic mass is 16.6. The average molecular weight is 1160 g/mol. The summed E-state index contributed by atoms with van der Waals surface area (Å²) in [6.07, 6.45) is 94.6. The van der Waals surface area contributed by atoms with Crippen molar-refractivity contribution in [2.24, 2.45) is 0 Å². The molecule has 6 nitrogen and oxygen atoms in total. The van der Waals surface area contributed by atoms with E-state index < -0.39 is 6.10 Å². The Morgan fingerprint density at radius 2 is 0.434 bits per heavy atom. The van der Waals surface area contributed by atoms with Crippen LogP contribution in [0.2, 0.25) is 0 Å². The van der Waals surface area contributed by atoms with Gasteiger partial charge in [0.05, 0.1) is 0 Å². The van der Waals surface area contributed by atoms with Crippen molar-refractivity contribution < 1.29 is 28.6 Å². The summed E-state index contributed by atoms with van der Waals surface area (Å²) in [6.45, 7) is 6.64. The number of rotatable bonds is 66. The van der Waals surface area contributed by atoms with Gasteiger partial charge in [0.15, 0.2) is 6.10 Å². The molecule has 1 atom stereocenters. The fraction of sp³-hybridized carbons (Fsp3) is 0.779. The molecule has 0 radical (unpaired) electrons. The highest BCUT2D eigenvalue weighted by Gasteiger charge is 2.19. The summed E-state index contributed by atoms with van der Waals surface area (Å²) in [5.41, 5.74) is 0. The van der Waals surface area contributed by atoms with Crippen LogP contribution in [0.4, 0.5) is 0 Å². The van der Waals surface area contributed by atoms with Gasteiger partial charge in [-0.25, -0.2) is 0 Å². The predicted molar refractivity (Wildman–Crippen MR) is 362 cm³/mol. The molecule has 0 rings (SSSR count). The summed E-state index contributed by atoms with van der Waals surface area (Å²) in [6, 6.07) is 0. The van der Waals surface area contributed by atoms with Gasteiger partial charge in [0.25, 0.3) is 0 Å². The lowest BCUT2D eigenvalue weighted by atomic mass is 10.0. The Hall–Kier alpha value is -3.41. The van der Waals surface area contributed by atoms with Crippen molar-refractivity contribution >= 4 is 17.9 Å². The van der Waals surface area contributed by atoms with Gasteiger partial charge in [-0.3, -0.25) is 14.4 Å². The van der Waals surface area contributed by atoms with Gasteiger partial charge in [0, 0.05) is 19.3 Å². The zero-order valence-corrected chi connectivity index (χ0v) is 55.2. The number of carbonyl (C=O) groups excluding carboxylic acids is 3. The lowest BCUT2D eigenvalue weighted by molar-refractivity contribution is -0.167. The number of esters is 3. The van der Waals surface area contributed by atoms with Crippen molar-refractivity contribution in [2.45, 2.75) is 374 Å². The maximum atomic E-state index is 13.0. The van der Waals surface area contributed by atoms with E-state index in [2.05, 4.69) is 106 Å². The van der Waals surface area contributed by atoms with E-state index in [0.717, 1.165) is 103 Å². The Balaban J connectivity index is 4.31. The number of allylic oxidation sites excluding steroid dienone is 14. The van der Waals surface area contributed by atoms with E-state index in [1.54, 1.807) is 0 Å². The van der Waals surface area contributed by atoms with Crippen LogP contribution in [0.3, 0.4) is 0 Å². The lowest BCUT2D eigenvalue weighted by Gasteiger charge is -2.18. The van der Waals surface area contributed by atoms with E-state index in [-0.39, 0.29) is 31.1 Å². The van der Waals surface area contributed by atoms with Gasteiger partial charge in [0.2, 0.25) is 0 Å². The standard InChI is InChI=1S/C77H136O6/c1-4-7-10-13-16-19-22-25-28-30-32-34-35-36-37-38-39-40-41-43-44-46-49-52-55-58-61-64-67-70-76(79)82-73-74(72-81-75(78)69-66-63-60-57-54-51-48-27-24-21-18-15-12-9-6-3)83-77(80)71-68-65-62-59-56-53-50-47-45-42-33-31-29-26-23-20-17-14-11-8-5-2/h22-23,25-27,30-33,35-36,45,47-48,74H,4-21,24,28-29,34,37-44,46,49-73H2,1-3H3/b25-22-,26-23-,32-30-,33-31-,36-35-,47-45-,48-27-. The molecule has 0 aromatic carbocycles. The molecular formula is C77H136O6. The lowest BCUT2D eigenvalue weighted by Crippen LogP contribution is -2.30. The summed E-state index contributed by atoms with van der Waals surface area (Å²) in [7, 11) is 0. The minimum atomic E-state index is -0.789. The molecular weight excluding hydrogens is 1020 g/mol. The Bertz CT molecular complexity index is 1570. The molecule has 0 aliphatic carbocycles. The Kier molecular flexibility index (Phi) is 68.2. The maximum absolute atomic E-state index is 13.0.